The van der Waals surface area contributed by atoms with Crippen LogP contribution >= 0.6 is 0 Å². The van der Waals surface area contributed by atoms with E-state index in [1.165, 1.54) is 16.3 Å². The Hall–Kier alpha value is -3.14. The first-order valence-corrected chi connectivity index (χ1v) is 8.74. The zero-order valence-corrected chi connectivity index (χ0v) is 15.2. The number of fused-ring (bicyclic) bond motifs is 1. The van der Waals surface area contributed by atoms with Crippen molar-refractivity contribution in [1.82, 2.24) is 10.2 Å². The minimum atomic E-state index is -0.0257. The molecular formula is C22H21N3O. The van der Waals surface area contributed by atoms with E-state index < -0.39 is 0 Å². The van der Waals surface area contributed by atoms with Crippen molar-refractivity contribution >= 4 is 16.5 Å². The molecule has 1 aromatic heterocycles. The summed E-state index contributed by atoms with van der Waals surface area (Å²) in [5.74, 6) is 1.17. The molecule has 0 unspecified atom stereocenters. The summed E-state index contributed by atoms with van der Waals surface area (Å²) in [7, 11) is 2.05. The molecule has 0 saturated carbocycles. The Balaban J connectivity index is 1.61. The maximum Gasteiger partial charge on any atom is 0.247 e. The number of hydrogen-bond acceptors (Lipinski definition) is 4. The fourth-order valence-electron chi connectivity index (χ4n) is 3.08. The first-order chi connectivity index (χ1) is 12.6. The molecule has 4 nitrogen and oxygen atoms in total. The Bertz CT molecular complexity index is 1050. The van der Waals surface area contributed by atoms with Gasteiger partial charge in [-0.25, -0.2) is 0 Å². The SMILES string of the molecule is Cc1cccc(-c2nnc([C@@H](C)N(C)c3ccc4ccccc4c3)o2)c1. The molecule has 4 heteroatoms. The summed E-state index contributed by atoms with van der Waals surface area (Å²) in [5.41, 5.74) is 3.24. The molecule has 0 spiro atoms. The van der Waals surface area contributed by atoms with Crippen LogP contribution in [0.25, 0.3) is 22.2 Å². The lowest BCUT2D eigenvalue weighted by Crippen LogP contribution is -2.21. The average Bonchev–Trinajstić information content (AvgIpc) is 3.16. The summed E-state index contributed by atoms with van der Waals surface area (Å²) in [5, 5.41) is 11.0. The smallest absolute Gasteiger partial charge is 0.247 e. The number of nitrogens with zero attached hydrogens (tertiary/aromatic N) is 3. The molecule has 1 atom stereocenters. The van der Waals surface area contributed by atoms with Crippen LogP contribution in [-0.4, -0.2) is 17.2 Å². The quantitative estimate of drug-likeness (QED) is 0.498. The van der Waals surface area contributed by atoms with Gasteiger partial charge >= 0.3 is 0 Å². The third-order valence-corrected chi connectivity index (χ3v) is 4.78. The van der Waals surface area contributed by atoms with Gasteiger partial charge in [-0.3, -0.25) is 0 Å². The summed E-state index contributed by atoms with van der Waals surface area (Å²) < 4.78 is 5.95. The topological polar surface area (TPSA) is 42.2 Å². The molecule has 0 aliphatic carbocycles. The van der Waals surface area contributed by atoms with E-state index in [4.69, 9.17) is 4.42 Å². The van der Waals surface area contributed by atoms with Gasteiger partial charge in [0, 0.05) is 18.3 Å². The zero-order valence-electron chi connectivity index (χ0n) is 15.2. The van der Waals surface area contributed by atoms with Gasteiger partial charge in [-0.15, -0.1) is 10.2 Å². The van der Waals surface area contributed by atoms with Gasteiger partial charge < -0.3 is 9.32 Å². The van der Waals surface area contributed by atoms with Gasteiger partial charge in [-0.1, -0.05) is 48.0 Å². The van der Waals surface area contributed by atoms with Crippen molar-refractivity contribution in [1.29, 1.82) is 0 Å². The highest BCUT2D eigenvalue weighted by molar-refractivity contribution is 5.85. The van der Waals surface area contributed by atoms with Crippen molar-refractivity contribution in [3.05, 3.63) is 78.2 Å². The van der Waals surface area contributed by atoms with Crippen LogP contribution in [0.5, 0.6) is 0 Å². The Kier molecular flexibility index (Phi) is 4.17. The van der Waals surface area contributed by atoms with Crippen LogP contribution in [0.15, 0.2) is 71.1 Å². The first kappa shape index (κ1) is 16.3. The normalized spacial score (nSPS) is 12.3. The van der Waals surface area contributed by atoms with E-state index in [-0.39, 0.29) is 6.04 Å². The van der Waals surface area contributed by atoms with Crippen molar-refractivity contribution in [2.75, 3.05) is 11.9 Å². The monoisotopic (exact) mass is 343 g/mol. The van der Waals surface area contributed by atoms with Gasteiger partial charge in [-0.2, -0.15) is 0 Å². The van der Waals surface area contributed by atoms with Crippen LogP contribution in [0.4, 0.5) is 5.69 Å². The lowest BCUT2D eigenvalue weighted by molar-refractivity contribution is 0.464. The van der Waals surface area contributed by atoms with E-state index in [9.17, 15) is 0 Å². The highest BCUT2D eigenvalue weighted by Crippen LogP contribution is 2.29. The van der Waals surface area contributed by atoms with Crippen LogP contribution in [0, 0.1) is 6.92 Å². The predicted molar refractivity (Wildman–Crippen MR) is 105 cm³/mol. The summed E-state index contributed by atoms with van der Waals surface area (Å²) in [6, 6.07) is 22.9. The number of rotatable bonds is 4. The summed E-state index contributed by atoms with van der Waals surface area (Å²) >= 11 is 0. The molecule has 0 aliphatic rings. The fraction of sp³-hybridized carbons (Fsp3) is 0.182. The van der Waals surface area contributed by atoms with Gasteiger partial charge in [0.05, 0.1) is 0 Å². The van der Waals surface area contributed by atoms with Crippen molar-refractivity contribution in [3.63, 3.8) is 0 Å². The maximum atomic E-state index is 5.95. The van der Waals surface area contributed by atoms with Gasteiger partial charge in [0.2, 0.25) is 11.8 Å². The van der Waals surface area contributed by atoms with Gasteiger partial charge in [-0.05, 0) is 48.9 Å². The molecule has 0 fully saturated rings. The van der Waals surface area contributed by atoms with E-state index in [1.807, 2.05) is 19.2 Å². The molecule has 0 bridgehead atoms. The third kappa shape index (κ3) is 3.06. The lowest BCUT2D eigenvalue weighted by atomic mass is 10.1. The number of aromatic nitrogens is 2. The maximum absolute atomic E-state index is 5.95. The van der Waals surface area contributed by atoms with Crippen molar-refractivity contribution in [2.45, 2.75) is 19.9 Å². The van der Waals surface area contributed by atoms with E-state index in [0.717, 1.165) is 11.3 Å². The number of benzene rings is 3. The fourth-order valence-corrected chi connectivity index (χ4v) is 3.08. The Morgan fingerprint density at radius 1 is 0.885 bits per heavy atom. The lowest BCUT2D eigenvalue weighted by Gasteiger charge is -2.24. The molecule has 4 aromatic rings. The van der Waals surface area contributed by atoms with Crippen LogP contribution in [0.3, 0.4) is 0 Å². The minimum Gasteiger partial charge on any atom is -0.418 e. The number of hydrogen-bond donors (Lipinski definition) is 0. The second-order valence-corrected chi connectivity index (χ2v) is 6.63. The van der Waals surface area contributed by atoms with Crippen LogP contribution < -0.4 is 4.90 Å². The zero-order chi connectivity index (χ0) is 18.1. The second kappa shape index (κ2) is 6.64. The Labute approximate surface area is 153 Å². The molecule has 4 rings (SSSR count). The van der Waals surface area contributed by atoms with Crippen LogP contribution in [0.1, 0.15) is 24.4 Å². The number of anilines is 1. The van der Waals surface area contributed by atoms with E-state index >= 15 is 0 Å². The molecular weight excluding hydrogens is 322 g/mol. The highest BCUT2D eigenvalue weighted by atomic mass is 16.4. The van der Waals surface area contributed by atoms with Crippen LogP contribution in [-0.2, 0) is 0 Å². The molecule has 0 saturated heterocycles. The Morgan fingerprint density at radius 3 is 2.50 bits per heavy atom. The molecule has 0 amide bonds. The molecule has 0 aliphatic heterocycles. The summed E-state index contributed by atoms with van der Waals surface area (Å²) in [6.07, 6.45) is 0. The van der Waals surface area contributed by atoms with E-state index in [2.05, 4.69) is 83.5 Å². The van der Waals surface area contributed by atoms with Gasteiger partial charge in [0.15, 0.2) is 0 Å². The standard InChI is InChI=1S/C22H21N3O/c1-15-7-6-10-19(13-15)22-24-23-21(26-22)16(2)25(3)20-12-11-17-8-4-5-9-18(17)14-20/h4-14,16H,1-3H3/t16-/m1/s1. The largest absolute Gasteiger partial charge is 0.418 e. The highest BCUT2D eigenvalue weighted by Gasteiger charge is 2.19. The average molecular weight is 343 g/mol. The number of aryl methyl sites for hydroxylation is 1. The molecule has 0 N–H and O–H groups in total. The van der Waals surface area contributed by atoms with Crippen molar-refractivity contribution in [2.24, 2.45) is 0 Å². The van der Waals surface area contributed by atoms with Crippen molar-refractivity contribution in [3.8, 4) is 11.5 Å². The van der Waals surface area contributed by atoms with E-state index in [0.29, 0.717) is 11.8 Å². The van der Waals surface area contributed by atoms with Gasteiger partial charge in [0.25, 0.3) is 0 Å². The van der Waals surface area contributed by atoms with Gasteiger partial charge in [0.1, 0.15) is 6.04 Å². The summed E-state index contributed by atoms with van der Waals surface area (Å²) in [6.45, 7) is 4.12. The molecule has 3 aromatic carbocycles. The Morgan fingerprint density at radius 2 is 1.69 bits per heavy atom. The summed E-state index contributed by atoms with van der Waals surface area (Å²) in [4.78, 5) is 2.15. The molecule has 130 valence electrons. The minimum absolute atomic E-state index is 0.0257. The molecule has 1 heterocycles. The molecule has 0 radical (unpaired) electrons. The predicted octanol–water partition coefficient (Wildman–Crippen LogP) is 5.40. The third-order valence-electron chi connectivity index (χ3n) is 4.78. The molecule has 26 heavy (non-hydrogen) atoms. The van der Waals surface area contributed by atoms with Crippen LogP contribution in [0.2, 0.25) is 0 Å². The van der Waals surface area contributed by atoms with E-state index in [1.54, 1.807) is 0 Å². The first-order valence-electron chi connectivity index (χ1n) is 8.74. The van der Waals surface area contributed by atoms with Crippen molar-refractivity contribution < 1.29 is 4.42 Å². The second-order valence-electron chi connectivity index (χ2n) is 6.63.